The minimum absolute atomic E-state index is 0.408. The number of nitrogens with one attached hydrogen (secondary N) is 1. The van der Waals surface area contributed by atoms with Crippen LogP contribution in [0.4, 0.5) is 0 Å². The second-order valence-electron chi connectivity index (χ2n) is 3.76. The lowest BCUT2D eigenvalue weighted by molar-refractivity contribution is 0.450. The molecular formula is C12H17N3S. The third kappa shape index (κ3) is 4.21. The van der Waals surface area contributed by atoms with Gasteiger partial charge in [0.05, 0.1) is 6.07 Å². The average molecular weight is 235 g/mol. The molecule has 0 fully saturated rings. The van der Waals surface area contributed by atoms with Gasteiger partial charge >= 0.3 is 0 Å². The number of pyridine rings is 1. The molecule has 0 aliphatic heterocycles. The first-order chi connectivity index (χ1) is 7.70. The fourth-order valence-electron chi connectivity index (χ4n) is 1.38. The maximum absolute atomic E-state index is 9.08. The van der Waals surface area contributed by atoms with Crippen LogP contribution in [0.1, 0.15) is 20.3 Å². The number of rotatable bonds is 6. The highest BCUT2D eigenvalue weighted by Gasteiger charge is 2.21. The van der Waals surface area contributed by atoms with E-state index in [-0.39, 0.29) is 0 Å². The number of hydrogen-bond donors (Lipinski definition) is 1. The Bertz CT molecular complexity index is 347. The Labute approximate surface area is 101 Å². The first-order valence-corrected chi connectivity index (χ1v) is 6.38. The molecule has 0 bridgehead atoms. The number of nitriles is 1. The Hall–Kier alpha value is -1.05. The molecule has 4 heteroatoms. The largest absolute Gasteiger partial charge is 0.300 e. The Morgan fingerprint density at radius 3 is 2.75 bits per heavy atom. The summed E-state index contributed by atoms with van der Waals surface area (Å²) in [6, 6.07) is 6.30. The predicted octanol–water partition coefficient (Wildman–Crippen LogP) is 2.46. The highest BCUT2D eigenvalue weighted by Crippen LogP contribution is 2.20. The molecule has 1 atom stereocenters. The summed E-state index contributed by atoms with van der Waals surface area (Å²) in [5.41, 5.74) is -0.408. The van der Waals surface area contributed by atoms with Crippen molar-refractivity contribution < 1.29 is 0 Å². The highest BCUT2D eigenvalue weighted by molar-refractivity contribution is 7.99. The van der Waals surface area contributed by atoms with Gasteiger partial charge in [-0.3, -0.25) is 10.3 Å². The fraction of sp³-hybridized carbons (Fsp3) is 0.500. The molecule has 1 N–H and O–H groups in total. The minimum Gasteiger partial charge on any atom is -0.300 e. The summed E-state index contributed by atoms with van der Waals surface area (Å²) >= 11 is 1.76. The molecule has 0 radical (unpaired) electrons. The van der Waals surface area contributed by atoms with Gasteiger partial charge in [0.2, 0.25) is 0 Å². The molecule has 16 heavy (non-hydrogen) atoms. The predicted molar refractivity (Wildman–Crippen MR) is 67.3 cm³/mol. The van der Waals surface area contributed by atoms with Gasteiger partial charge in [0.25, 0.3) is 0 Å². The van der Waals surface area contributed by atoms with Crippen molar-refractivity contribution in [2.24, 2.45) is 0 Å². The Morgan fingerprint density at radius 2 is 2.19 bits per heavy atom. The lowest BCUT2D eigenvalue weighted by Crippen LogP contribution is -2.41. The van der Waals surface area contributed by atoms with Gasteiger partial charge in [-0.1, -0.05) is 6.92 Å². The molecule has 1 unspecified atom stereocenters. The van der Waals surface area contributed by atoms with Crippen molar-refractivity contribution in [3.63, 3.8) is 0 Å². The van der Waals surface area contributed by atoms with E-state index in [1.807, 2.05) is 26.0 Å². The maximum Gasteiger partial charge on any atom is 0.104 e. The average Bonchev–Trinajstić information content (AvgIpc) is 2.31. The van der Waals surface area contributed by atoms with E-state index in [2.05, 4.69) is 16.4 Å². The molecule has 0 aliphatic carbocycles. The van der Waals surface area contributed by atoms with Gasteiger partial charge in [0.15, 0.2) is 0 Å². The van der Waals surface area contributed by atoms with Gasteiger partial charge in [-0.2, -0.15) is 5.26 Å². The van der Waals surface area contributed by atoms with E-state index in [0.29, 0.717) is 0 Å². The molecule has 0 aromatic carbocycles. The third-order valence-electron chi connectivity index (χ3n) is 2.33. The molecule has 0 aliphatic rings. The van der Waals surface area contributed by atoms with Gasteiger partial charge < -0.3 is 0 Å². The SMILES string of the molecule is CCNC(C)(C#N)CCSc1ccncc1. The lowest BCUT2D eigenvalue weighted by atomic mass is 10.0. The van der Waals surface area contributed by atoms with Crippen molar-refractivity contribution in [1.82, 2.24) is 10.3 Å². The van der Waals surface area contributed by atoms with Crippen LogP contribution >= 0.6 is 11.8 Å². The van der Waals surface area contributed by atoms with Crippen LogP contribution in [-0.4, -0.2) is 22.8 Å². The zero-order valence-corrected chi connectivity index (χ0v) is 10.5. The normalized spacial score (nSPS) is 14.1. The summed E-state index contributed by atoms with van der Waals surface area (Å²) in [4.78, 5) is 5.17. The monoisotopic (exact) mass is 235 g/mol. The summed E-state index contributed by atoms with van der Waals surface area (Å²) in [6.45, 7) is 4.79. The molecule has 1 rings (SSSR count). The van der Waals surface area contributed by atoms with Crippen LogP contribution in [0, 0.1) is 11.3 Å². The van der Waals surface area contributed by atoms with Crippen LogP contribution in [0.3, 0.4) is 0 Å². The first kappa shape index (κ1) is 13.0. The van der Waals surface area contributed by atoms with E-state index in [1.54, 1.807) is 24.2 Å². The lowest BCUT2D eigenvalue weighted by Gasteiger charge is -2.21. The van der Waals surface area contributed by atoms with Crippen LogP contribution < -0.4 is 5.32 Å². The molecule has 1 aromatic heterocycles. The third-order valence-corrected chi connectivity index (χ3v) is 3.35. The molecule has 1 heterocycles. The molecule has 86 valence electrons. The summed E-state index contributed by atoms with van der Waals surface area (Å²) in [7, 11) is 0. The van der Waals surface area contributed by atoms with Crippen molar-refractivity contribution in [3.8, 4) is 6.07 Å². The van der Waals surface area contributed by atoms with Gasteiger partial charge in [-0.05, 0) is 32.0 Å². The maximum atomic E-state index is 9.08. The summed E-state index contributed by atoms with van der Waals surface area (Å²) in [5.74, 6) is 0.932. The zero-order valence-electron chi connectivity index (χ0n) is 9.73. The van der Waals surface area contributed by atoms with E-state index >= 15 is 0 Å². The molecular weight excluding hydrogens is 218 g/mol. The van der Waals surface area contributed by atoms with Crippen molar-refractivity contribution in [2.75, 3.05) is 12.3 Å². The van der Waals surface area contributed by atoms with E-state index < -0.39 is 5.54 Å². The first-order valence-electron chi connectivity index (χ1n) is 5.39. The Balaban J connectivity index is 2.38. The standard InChI is InChI=1S/C12H17N3S/c1-3-15-12(2,10-13)6-9-16-11-4-7-14-8-5-11/h4-5,7-8,15H,3,6,9H2,1-2H3. The number of nitrogens with zero attached hydrogens (tertiary/aromatic N) is 2. The van der Waals surface area contributed by atoms with E-state index in [0.717, 1.165) is 18.7 Å². The van der Waals surface area contributed by atoms with Gasteiger partial charge in [0.1, 0.15) is 5.54 Å². The molecule has 0 saturated heterocycles. The van der Waals surface area contributed by atoms with E-state index in [1.165, 1.54) is 4.90 Å². The topological polar surface area (TPSA) is 48.7 Å². The van der Waals surface area contributed by atoms with E-state index in [9.17, 15) is 0 Å². The quantitative estimate of drug-likeness (QED) is 0.769. The minimum atomic E-state index is -0.408. The smallest absolute Gasteiger partial charge is 0.104 e. The van der Waals surface area contributed by atoms with Gasteiger partial charge in [-0.25, -0.2) is 0 Å². The molecule has 0 amide bonds. The second kappa shape index (κ2) is 6.51. The van der Waals surface area contributed by atoms with Crippen LogP contribution in [0.15, 0.2) is 29.4 Å². The zero-order chi connectivity index (χ0) is 11.9. The van der Waals surface area contributed by atoms with Crippen molar-refractivity contribution in [1.29, 1.82) is 5.26 Å². The molecule has 3 nitrogen and oxygen atoms in total. The Morgan fingerprint density at radius 1 is 1.50 bits per heavy atom. The molecule has 1 aromatic rings. The summed E-state index contributed by atoms with van der Waals surface area (Å²) < 4.78 is 0. The number of aromatic nitrogens is 1. The van der Waals surface area contributed by atoms with Crippen LogP contribution in [-0.2, 0) is 0 Å². The van der Waals surface area contributed by atoms with Crippen LogP contribution in [0.2, 0.25) is 0 Å². The van der Waals surface area contributed by atoms with Gasteiger partial charge in [-0.15, -0.1) is 11.8 Å². The number of hydrogen-bond acceptors (Lipinski definition) is 4. The fourth-order valence-corrected chi connectivity index (χ4v) is 2.44. The van der Waals surface area contributed by atoms with E-state index in [4.69, 9.17) is 5.26 Å². The van der Waals surface area contributed by atoms with Gasteiger partial charge in [0, 0.05) is 23.0 Å². The number of thioether (sulfide) groups is 1. The molecule has 0 spiro atoms. The van der Waals surface area contributed by atoms with Crippen molar-refractivity contribution >= 4 is 11.8 Å². The van der Waals surface area contributed by atoms with Crippen LogP contribution in [0.25, 0.3) is 0 Å². The van der Waals surface area contributed by atoms with Crippen molar-refractivity contribution in [3.05, 3.63) is 24.5 Å². The van der Waals surface area contributed by atoms with Crippen LogP contribution in [0.5, 0.6) is 0 Å². The molecule has 0 saturated carbocycles. The summed E-state index contributed by atoms with van der Waals surface area (Å²) in [5, 5.41) is 12.3. The second-order valence-corrected chi connectivity index (χ2v) is 4.92. The van der Waals surface area contributed by atoms with Crippen molar-refractivity contribution in [2.45, 2.75) is 30.7 Å². The Kier molecular flexibility index (Phi) is 5.30. The summed E-state index contributed by atoms with van der Waals surface area (Å²) in [6.07, 6.45) is 4.41. The highest BCUT2D eigenvalue weighted by atomic mass is 32.2.